The maximum Gasteiger partial charge on any atom is 0.0540 e. The molecule has 0 unspecified atom stereocenters. The monoisotopic (exact) mass is 230 g/mol. The van der Waals surface area contributed by atoms with Gasteiger partial charge in [-0.3, -0.25) is 0 Å². The summed E-state index contributed by atoms with van der Waals surface area (Å²) in [7, 11) is 0. The molecule has 16 heavy (non-hydrogen) atoms. The van der Waals surface area contributed by atoms with Gasteiger partial charge in [-0.1, -0.05) is 79.1 Å². The Morgan fingerprint density at radius 2 is 1.25 bits per heavy atom. The lowest BCUT2D eigenvalue weighted by molar-refractivity contribution is 0.130. The molecule has 0 bridgehead atoms. The predicted octanol–water partition coefficient (Wildman–Crippen LogP) is 5.31. The molecular formula is C15H34O. The van der Waals surface area contributed by atoms with Gasteiger partial charge in [-0.05, 0) is 12.8 Å². The van der Waals surface area contributed by atoms with Crippen LogP contribution < -0.4 is 0 Å². The molecule has 1 nitrogen and oxygen atoms in total. The van der Waals surface area contributed by atoms with E-state index in [4.69, 9.17) is 5.11 Å². The second-order valence-electron chi connectivity index (χ2n) is 4.35. The first-order valence-corrected chi connectivity index (χ1v) is 7.49. The molecule has 0 saturated heterocycles. The van der Waals surface area contributed by atoms with Gasteiger partial charge in [0.2, 0.25) is 0 Å². The molecule has 1 rings (SSSR count). The van der Waals surface area contributed by atoms with Crippen LogP contribution >= 0.6 is 0 Å². The predicted molar refractivity (Wildman–Crippen MR) is 74.9 cm³/mol. The maximum absolute atomic E-state index is 8.91. The van der Waals surface area contributed by atoms with E-state index in [1.54, 1.807) is 0 Å². The minimum atomic E-state index is 0.0359. The topological polar surface area (TPSA) is 20.2 Å². The van der Waals surface area contributed by atoms with Crippen molar-refractivity contribution in [2.24, 2.45) is 0 Å². The van der Waals surface area contributed by atoms with E-state index in [-0.39, 0.29) is 6.10 Å². The normalized spacial score (nSPS) is 15.6. The molecule has 1 N–H and O–H groups in total. The van der Waals surface area contributed by atoms with Crippen molar-refractivity contribution in [1.82, 2.24) is 0 Å². The third-order valence-corrected chi connectivity index (χ3v) is 2.78. The Morgan fingerprint density at radius 3 is 1.50 bits per heavy atom. The van der Waals surface area contributed by atoms with Crippen molar-refractivity contribution in [3.8, 4) is 0 Å². The number of unbranched alkanes of at least 4 members (excludes halogenated alkanes) is 4. The summed E-state index contributed by atoms with van der Waals surface area (Å²) in [4.78, 5) is 0. The number of aliphatic hydroxyl groups is 1. The fraction of sp³-hybridized carbons (Fsp3) is 1.00. The molecule has 1 heteroatoms. The van der Waals surface area contributed by atoms with Gasteiger partial charge >= 0.3 is 0 Å². The summed E-state index contributed by atoms with van der Waals surface area (Å²) in [5.41, 5.74) is 0. The minimum absolute atomic E-state index is 0.0359. The standard InChI is InChI=1S/C7H16.C6H12O.C2H6/c1-3-5-7-6-4-2;7-6-4-2-1-3-5-6;1-2/h3-7H2,1-2H3;6-7H,1-5H2;1-2H3. The van der Waals surface area contributed by atoms with Crippen molar-refractivity contribution >= 4 is 0 Å². The Kier molecular flexibility index (Phi) is 19.9. The van der Waals surface area contributed by atoms with Crippen molar-refractivity contribution in [2.45, 2.75) is 98.0 Å². The summed E-state index contributed by atoms with van der Waals surface area (Å²) < 4.78 is 0. The Hall–Kier alpha value is -0.0400. The van der Waals surface area contributed by atoms with Gasteiger partial charge in [0.1, 0.15) is 0 Å². The van der Waals surface area contributed by atoms with E-state index in [0.29, 0.717) is 0 Å². The highest BCUT2D eigenvalue weighted by molar-refractivity contribution is 4.61. The second kappa shape index (κ2) is 17.4. The summed E-state index contributed by atoms with van der Waals surface area (Å²) in [6, 6.07) is 0. The van der Waals surface area contributed by atoms with Gasteiger partial charge in [0.25, 0.3) is 0 Å². The third-order valence-electron chi connectivity index (χ3n) is 2.78. The van der Waals surface area contributed by atoms with Crippen molar-refractivity contribution < 1.29 is 5.11 Å². The highest BCUT2D eigenvalue weighted by Crippen LogP contribution is 2.16. The molecule has 0 spiro atoms. The van der Waals surface area contributed by atoms with Crippen molar-refractivity contribution in [2.75, 3.05) is 0 Å². The smallest absolute Gasteiger partial charge is 0.0540 e. The summed E-state index contributed by atoms with van der Waals surface area (Å²) in [6.45, 7) is 8.49. The lowest BCUT2D eigenvalue weighted by Gasteiger charge is -2.14. The van der Waals surface area contributed by atoms with E-state index in [1.807, 2.05) is 13.8 Å². The molecular weight excluding hydrogens is 196 g/mol. The van der Waals surface area contributed by atoms with Crippen LogP contribution in [0.25, 0.3) is 0 Å². The lowest BCUT2D eigenvalue weighted by Crippen LogP contribution is -2.09. The number of hydrogen-bond donors (Lipinski definition) is 1. The van der Waals surface area contributed by atoms with E-state index in [0.717, 1.165) is 12.8 Å². The van der Waals surface area contributed by atoms with Crippen LogP contribution in [0.1, 0.15) is 91.9 Å². The Balaban J connectivity index is 0. The first-order chi connectivity index (χ1) is 7.81. The minimum Gasteiger partial charge on any atom is -0.393 e. The van der Waals surface area contributed by atoms with E-state index < -0.39 is 0 Å². The van der Waals surface area contributed by atoms with Gasteiger partial charge in [-0.2, -0.15) is 0 Å². The average Bonchev–Trinajstić information content (AvgIpc) is 2.34. The third kappa shape index (κ3) is 16.4. The molecule has 1 fully saturated rings. The molecule has 0 aromatic heterocycles. The number of hydrogen-bond acceptors (Lipinski definition) is 1. The van der Waals surface area contributed by atoms with Gasteiger partial charge in [0.05, 0.1) is 6.10 Å². The van der Waals surface area contributed by atoms with Crippen LogP contribution in [0.4, 0.5) is 0 Å². The van der Waals surface area contributed by atoms with Crippen molar-refractivity contribution in [1.29, 1.82) is 0 Å². The van der Waals surface area contributed by atoms with E-state index in [2.05, 4.69) is 13.8 Å². The van der Waals surface area contributed by atoms with Gasteiger partial charge < -0.3 is 5.11 Å². The molecule has 0 amide bonds. The van der Waals surface area contributed by atoms with E-state index >= 15 is 0 Å². The molecule has 1 saturated carbocycles. The van der Waals surface area contributed by atoms with Crippen LogP contribution in [0.2, 0.25) is 0 Å². The van der Waals surface area contributed by atoms with Gasteiger partial charge in [-0.25, -0.2) is 0 Å². The molecule has 0 atom stereocenters. The van der Waals surface area contributed by atoms with Crippen LogP contribution in [0.3, 0.4) is 0 Å². The van der Waals surface area contributed by atoms with Crippen LogP contribution in [0.5, 0.6) is 0 Å². The second-order valence-corrected chi connectivity index (χ2v) is 4.35. The molecule has 0 aromatic carbocycles. The van der Waals surface area contributed by atoms with Crippen molar-refractivity contribution in [3.63, 3.8) is 0 Å². The van der Waals surface area contributed by atoms with Crippen LogP contribution in [0, 0.1) is 0 Å². The molecule has 100 valence electrons. The molecule has 0 radical (unpaired) electrons. The summed E-state index contributed by atoms with van der Waals surface area (Å²) >= 11 is 0. The van der Waals surface area contributed by atoms with Crippen molar-refractivity contribution in [3.05, 3.63) is 0 Å². The van der Waals surface area contributed by atoms with Gasteiger partial charge in [0.15, 0.2) is 0 Å². The number of rotatable bonds is 4. The Labute approximate surface area is 104 Å². The quantitative estimate of drug-likeness (QED) is 0.648. The van der Waals surface area contributed by atoms with E-state index in [9.17, 15) is 0 Å². The fourth-order valence-electron chi connectivity index (χ4n) is 1.76. The van der Waals surface area contributed by atoms with Gasteiger partial charge in [0, 0.05) is 0 Å². The molecule has 0 aliphatic heterocycles. The first-order valence-electron chi connectivity index (χ1n) is 7.49. The molecule has 0 aromatic rings. The van der Waals surface area contributed by atoms with E-state index in [1.165, 1.54) is 51.4 Å². The summed E-state index contributed by atoms with van der Waals surface area (Å²) in [6.07, 6.45) is 12.9. The lowest BCUT2D eigenvalue weighted by atomic mass is 9.98. The van der Waals surface area contributed by atoms with Gasteiger partial charge in [-0.15, -0.1) is 0 Å². The van der Waals surface area contributed by atoms with Crippen LogP contribution in [-0.4, -0.2) is 11.2 Å². The maximum atomic E-state index is 8.91. The average molecular weight is 230 g/mol. The first kappa shape index (κ1) is 18.3. The SMILES string of the molecule is CC.CCCCCCC.OC1CCCCC1. The highest BCUT2D eigenvalue weighted by Gasteiger charge is 2.07. The molecule has 0 heterocycles. The van der Waals surface area contributed by atoms with Crippen LogP contribution in [-0.2, 0) is 0 Å². The number of aliphatic hydroxyl groups excluding tert-OH is 1. The highest BCUT2D eigenvalue weighted by atomic mass is 16.3. The van der Waals surface area contributed by atoms with Crippen LogP contribution in [0.15, 0.2) is 0 Å². The Morgan fingerprint density at radius 1 is 0.812 bits per heavy atom. The zero-order chi connectivity index (χ0) is 12.6. The molecule has 1 aliphatic carbocycles. The zero-order valence-electron chi connectivity index (χ0n) is 12.1. The summed E-state index contributed by atoms with van der Waals surface area (Å²) in [5.74, 6) is 0. The Bertz CT molecular complexity index is 91.6. The summed E-state index contributed by atoms with van der Waals surface area (Å²) in [5, 5.41) is 8.91. The fourth-order valence-corrected chi connectivity index (χ4v) is 1.76. The largest absolute Gasteiger partial charge is 0.393 e. The molecule has 1 aliphatic rings. The zero-order valence-corrected chi connectivity index (χ0v) is 12.1.